The monoisotopic (exact) mass is 361 g/mol. The van der Waals surface area contributed by atoms with Crippen molar-refractivity contribution in [3.8, 4) is 5.75 Å². The van der Waals surface area contributed by atoms with Crippen LogP contribution >= 0.6 is 0 Å². The van der Waals surface area contributed by atoms with Gasteiger partial charge in [-0.3, -0.25) is 4.79 Å². The van der Waals surface area contributed by atoms with Crippen molar-refractivity contribution in [1.29, 1.82) is 0 Å². The molecule has 0 aliphatic heterocycles. The number of carbonyl (C=O) groups is 2. The maximum atomic E-state index is 12.4. The summed E-state index contributed by atoms with van der Waals surface area (Å²) < 4.78 is 10.4. The second-order valence-corrected chi connectivity index (χ2v) is 5.95. The number of nitrogens with one attached hydrogen (secondary N) is 1. The minimum Gasteiger partial charge on any atom is -0.429 e. The summed E-state index contributed by atoms with van der Waals surface area (Å²) in [6.07, 6.45) is -0.835. The Bertz CT molecular complexity index is 924. The molecule has 3 aromatic carbocycles. The summed E-state index contributed by atoms with van der Waals surface area (Å²) in [5, 5.41) is 2.78. The van der Waals surface area contributed by atoms with E-state index in [1.807, 2.05) is 43.3 Å². The molecule has 0 aliphatic rings. The molecule has 1 N–H and O–H groups in total. The van der Waals surface area contributed by atoms with Gasteiger partial charge in [0.25, 0.3) is 5.91 Å². The molecule has 5 heteroatoms. The van der Waals surface area contributed by atoms with Crippen LogP contribution < -0.4 is 10.1 Å². The maximum absolute atomic E-state index is 12.4. The highest BCUT2D eigenvalue weighted by atomic mass is 16.7. The van der Waals surface area contributed by atoms with E-state index >= 15 is 0 Å². The zero-order valence-electron chi connectivity index (χ0n) is 14.8. The lowest BCUT2D eigenvalue weighted by molar-refractivity contribution is 0.0924. The predicted molar refractivity (Wildman–Crippen MR) is 103 cm³/mol. The van der Waals surface area contributed by atoms with Crippen molar-refractivity contribution in [2.45, 2.75) is 13.5 Å². The molecule has 0 heterocycles. The molecule has 136 valence electrons. The van der Waals surface area contributed by atoms with Crippen molar-refractivity contribution < 1.29 is 19.1 Å². The first kappa shape index (κ1) is 18.2. The van der Waals surface area contributed by atoms with Crippen LogP contribution in [0.5, 0.6) is 5.75 Å². The van der Waals surface area contributed by atoms with E-state index in [2.05, 4.69) is 5.32 Å². The average molecular weight is 361 g/mol. The van der Waals surface area contributed by atoms with Crippen LogP contribution in [-0.4, -0.2) is 12.1 Å². The summed E-state index contributed by atoms with van der Waals surface area (Å²) in [6, 6.07) is 23.3. The van der Waals surface area contributed by atoms with Crippen LogP contribution in [0.3, 0.4) is 0 Å². The molecule has 0 aliphatic carbocycles. The normalized spacial score (nSPS) is 10.1. The number of aryl methyl sites for hydroxylation is 1. The highest BCUT2D eigenvalue weighted by Gasteiger charge is 2.14. The molecule has 0 bridgehead atoms. The lowest BCUT2D eigenvalue weighted by Gasteiger charge is -2.12. The van der Waals surface area contributed by atoms with Gasteiger partial charge in [0.05, 0.1) is 5.69 Å². The number of anilines is 1. The van der Waals surface area contributed by atoms with Gasteiger partial charge in [0.2, 0.25) is 0 Å². The minimum atomic E-state index is -0.835. The van der Waals surface area contributed by atoms with Crippen molar-refractivity contribution >= 4 is 17.7 Å². The van der Waals surface area contributed by atoms with E-state index in [1.165, 1.54) is 0 Å². The molecule has 0 spiro atoms. The van der Waals surface area contributed by atoms with E-state index in [-0.39, 0.29) is 18.3 Å². The van der Waals surface area contributed by atoms with Crippen LogP contribution in [0.2, 0.25) is 0 Å². The van der Waals surface area contributed by atoms with Gasteiger partial charge >= 0.3 is 6.16 Å². The van der Waals surface area contributed by atoms with E-state index in [9.17, 15) is 9.59 Å². The first-order valence-electron chi connectivity index (χ1n) is 8.47. The average Bonchev–Trinajstić information content (AvgIpc) is 2.70. The second-order valence-electron chi connectivity index (χ2n) is 5.95. The molecule has 3 aromatic rings. The van der Waals surface area contributed by atoms with Crippen LogP contribution in [0.15, 0.2) is 78.9 Å². The minimum absolute atomic E-state index is 0.108. The molecule has 3 rings (SSSR count). The Hall–Kier alpha value is -3.60. The molecule has 0 fully saturated rings. The number of hydrogen-bond acceptors (Lipinski definition) is 4. The van der Waals surface area contributed by atoms with E-state index in [0.717, 1.165) is 11.1 Å². The van der Waals surface area contributed by atoms with Gasteiger partial charge in [-0.1, -0.05) is 54.6 Å². The summed E-state index contributed by atoms with van der Waals surface area (Å²) in [5.41, 5.74) is 2.69. The summed E-state index contributed by atoms with van der Waals surface area (Å²) in [5.74, 6) is -0.0633. The number of ether oxygens (including phenoxy) is 2. The summed E-state index contributed by atoms with van der Waals surface area (Å²) in [4.78, 5) is 24.4. The number of benzene rings is 3. The Morgan fingerprint density at radius 3 is 2.26 bits per heavy atom. The SMILES string of the molecule is Cc1ccc(OC(=O)OCc2ccccc2)c(NC(=O)c2ccccc2)c1. The van der Waals surface area contributed by atoms with Crippen LogP contribution in [0.1, 0.15) is 21.5 Å². The number of amides is 1. The molecule has 0 radical (unpaired) electrons. The van der Waals surface area contributed by atoms with Crippen LogP contribution in [0, 0.1) is 6.92 Å². The van der Waals surface area contributed by atoms with Gasteiger partial charge in [-0.15, -0.1) is 0 Å². The van der Waals surface area contributed by atoms with Crippen LogP contribution in [0.25, 0.3) is 0 Å². The topological polar surface area (TPSA) is 64.6 Å². The number of carbonyl (C=O) groups excluding carboxylic acids is 2. The molecule has 27 heavy (non-hydrogen) atoms. The third-order valence-corrected chi connectivity index (χ3v) is 3.81. The highest BCUT2D eigenvalue weighted by Crippen LogP contribution is 2.27. The van der Waals surface area contributed by atoms with Gasteiger partial charge in [-0.25, -0.2) is 4.79 Å². The van der Waals surface area contributed by atoms with Crippen molar-refractivity contribution in [3.63, 3.8) is 0 Å². The van der Waals surface area contributed by atoms with Gasteiger partial charge in [0.15, 0.2) is 5.75 Å². The Labute approximate surface area is 157 Å². The fourth-order valence-corrected chi connectivity index (χ4v) is 2.45. The maximum Gasteiger partial charge on any atom is 0.514 e. The Morgan fingerprint density at radius 2 is 1.56 bits per heavy atom. The fourth-order valence-electron chi connectivity index (χ4n) is 2.45. The fraction of sp³-hybridized carbons (Fsp3) is 0.0909. The number of hydrogen-bond donors (Lipinski definition) is 1. The summed E-state index contributed by atoms with van der Waals surface area (Å²) >= 11 is 0. The zero-order valence-corrected chi connectivity index (χ0v) is 14.8. The molecule has 0 atom stereocenters. The van der Waals surface area contributed by atoms with Gasteiger partial charge in [-0.05, 0) is 42.3 Å². The quantitative estimate of drug-likeness (QED) is 0.515. The molecule has 5 nitrogen and oxygen atoms in total. The Kier molecular flexibility index (Phi) is 5.84. The Morgan fingerprint density at radius 1 is 0.889 bits per heavy atom. The first-order valence-corrected chi connectivity index (χ1v) is 8.47. The van der Waals surface area contributed by atoms with Crippen molar-refractivity contribution in [1.82, 2.24) is 0 Å². The van der Waals surface area contributed by atoms with E-state index in [0.29, 0.717) is 11.3 Å². The second kappa shape index (κ2) is 8.67. The van der Waals surface area contributed by atoms with E-state index in [1.54, 1.807) is 42.5 Å². The van der Waals surface area contributed by atoms with Gasteiger partial charge in [0.1, 0.15) is 6.61 Å². The standard InChI is InChI=1S/C22H19NO4/c1-16-12-13-20(27-22(25)26-15-17-8-4-2-5-9-17)19(14-16)23-21(24)18-10-6-3-7-11-18/h2-14H,15H2,1H3,(H,23,24). The molecular weight excluding hydrogens is 342 g/mol. The third-order valence-electron chi connectivity index (χ3n) is 3.81. The van der Waals surface area contributed by atoms with E-state index < -0.39 is 6.16 Å². The number of rotatable bonds is 5. The highest BCUT2D eigenvalue weighted by molar-refractivity contribution is 6.05. The molecular formula is C22H19NO4. The van der Waals surface area contributed by atoms with Gasteiger partial charge in [-0.2, -0.15) is 0 Å². The lowest BCUT2D eigenvalue weighted by Crippen LogP contribution is -2.15. The molecule has 0 saturated carbocycles. The molecule has 0 aromatic heterocycles. The van der Waals surface area contributed by atoms with Crippen LogP contribution in [0.4, 0.5) is 10.5 Å². The zero-order chi connectivity index (χ0) is 19.1. The van der Waals surface area contributed by atoms with Crippen LogP contribution in [-0.2, 0) is 11.3 Å². The smallest absolute Gasteiger partial charge is 0.429 e. The van der Waals surface area contributed by atoms with Gasteiger partial charge in [0, 0.05) is 5.56 Å². The summed E-state index contributed by atoms with van der Waals surface area (Å²) in [6.45, 7) is 1.99. The van der Waals surface area contributed by atoms with E-state index in [4.69, 9.17) is 9.47 Å². The molecule has 1 amide bonds. The van der Waals surface area contributed by atoms with Gasteiger partial charge < -0.3 is 14.8 Å². The molecule has 0 unspecified atom stereocenters. The lowest BCUT2D eigenvalue weighted by atomic mass is 10.1. The largest absolute Gasteiger partial charge is 0.514 e. The third kappa shape index (κ3) is 5.19. The summed E-state index contributed by atoms with van der Waals surface area (Å²) in [7, 11) is 0. The Balaban J connectivity index is 1.68. The van der Waals surface area contributed by atoms with Crippen molar-refractivity contribution in [2.24, 2.45) is 0 Å². The van der Waals surface area contributed by atoms with Crippen molar-refractivity contribution in [3.05, 3.63) is 95.6 Å². The first-order chi connectivity index (χ1) is 13.1. The van der Waals surface area contributed by atoms with Crippen molar-refractivity contribution in [2.75, 3.05) is 5.32 Å². The predicted octanol–water partition coefficient (Wildman–Crippen LogP) is 4.96. The molecule has 0 saturated heterocycles.